The number of carboxylic acid groups (broad SMARTS) is 1. The number of ether oxygens (including phenoxy) is 2. The highest BCUT2D eigenvalue weighted by Crippen LogP contribution is 2.38. The maximum Gasteiger partial charge on any atom is 0.317 e. The van der Waals surface area contributed by atoms with Crippen molar-refractivity contribution in [2.24, 2.45) is 0 Å². The van der Waals surface area contributed by atoms with Crippen LogP contribution >= 0.6 is 11.6 Å². The highest BCUT2D eigenvalue weighted by molar-refractivity contribution is 6.32. The van der Waals surface area contributed by atoms with Gasteiger partial charge in [-0.25, -0.2) is 0 Å². The standard InChI is InChI=1S/C19H25ClN2O5/c1-21(12-18(24)25)14-3-2-5-22(6-4-14)17(23)11-13-9-15(20)19-16(10-13)26-7-8-27-19/h9-10,14H,2-8,11-12H2,1H3,(H,24,25). The van der Waals surface area contributed by atoms with Crippen LogP contribution < -0.4 is 9.47 Å². The maximum atomic E-state index is 12.8. The van der Waals surface area contributed by atoms with Gasteiger partial charge in [0.2, 0.25) is 5.91 Å². The zero-order valence-electron chi connectivity index (χ0n) is 15.4. The first-order valence-electron chi connectivity index (χ1n) is 9.22. The molecule has 0 radical (unpaired) electrons. The van der Waals surface area contributed by atoms with Gasteiger partial charge in [-0.2, -0.15) is 0 Å². The van der Waals surface area contributed by atoms with Crippen LogP contribution in [0, 0.1) is 0 Å². The summed E-state index contributed by atoms with van der Waals surface area (Å²) in [5.74, 6) is 0.343. The molecule has 2 aliphatic heterocycles. The van der Waals surface area contributed by atoms with Crippen molar-refractivity contribution in [2.45, 2.75) is 31.7 Å². The van der Waals surface area contributed by atoms with Crippen LogP contribution in [0.2, 0.25) is 5.02 Å². The Labute approximate surface area is 163 Å². The van der Waals surface area contributed by atoms with Crippen LogP contribution in [-0.4, -0.2) is 72.7 Å². The Morgan fingerprint density at radius 1 is 1.26 bits per heavy atom. The molecule has 1 N–H and O–H groups in total. The van der Waals surface area contributed by atoms with Crippen LogP contribution in [0.25, 0.3) is 0 Å². The number of hydrogen-bond acceptors (Lipinski definition) is 5. The number of aliphatic carboxylic acids is 1. The number of nitrogens with zero attached hydrogens (tertiary/aromatic N) is 2. The van der Waals surface area contributed by atoms with E-state index in [9.17, 15) is 9.59 Å². The number of amides is 1. The molecular formula is C19H25ClN2O5. The van der Waals surface area contributed by atoms with Crippen molar-refractivity contribution in [3.8, 4) is 11.5 Å². The smallest absolute Gasteiger partial charge is 0.317 e. The normalized spacial score (nSPS) is 19.7. The molecule has 0 aromatic heterocycles. The van der Waals surface area contributed by atoms with Crippen molar-refractivity contribution in [3.05, 3.63) is 22.7 Å². The third-order valence-electron chi connectivity index (χ3n) is 5.07. The summed E-state index contributed by atoms with van der Waals surface area (Å²) in [6, 6.07) is 3.76. The highest BCUT2D eigenvalue weighted by Gasteiger charge is 2.25. The molecule has 8 heteroatoms. The third-order valence-corrected chi connectivity index (χ3v) is 5.35. The monoisotopic (exact) mass is 396 g/mol. The molecule has 1 fully saturated rings. The molecule has 1 aromatic rings. The fraction of sp³-hybridized carbons (Fsp3) is 0.579. The first-order chi connectivity index (χ1) is 12.9. The molecule has 0 saturated carbocycles. The molecule has 1 amide bonds. The summed E-state index contributed by atoms with van der Waals surface area (Å²) in [4.78, 5) is 27.4. The van der Waals surface area contributed by atoms with E-state index in [1.54, 1.807) is 6.07 Å². The van der Waals surface area contributed by atoms with Crippen molar-refractivity contribution >= 4 is 23.5 Å². The van der Waals surface area contributed by atoms with Crippen molar-refractivity contribution in [1.29, 1.82) is 0 Å². The van der Waals surface area contributed by atoms with E-state index in [0.717, 1.165) is 24.8 Å². The Morgan fingerprint density at radius 3 is 2.81 bits per heavy atom. The quantitative estimate of drug-likeness (QED) is 0.820. The van der Waals surface area contributed by atoms with Crippen molar-refractivity contribution < 1.29 is 24.2 Å². The molecule has 7 nitrogen and oxygen atoms in total. The molecule has 27 heavy (non-hydrogen) atoms. The molecule has 3 rings (SSSR count). The average Bonchev–Trinajstić information content (AvgIpc) is 2.87. The van der Waals surface area contributed by atoms with E-state index in [1.165, 1.54) is 0 Å². The number of fused-ring (bicyclic) bond motifs is 1. The summed E-state index contributed by atoms with van der Waals surface area (Å²) in [5.41, 5.74) is 0.804. The fourth-order valence-corrected chi connectivity index (χ4v) is 3.95. The number of likely N-dealkylation sites (tertiary alicyclic amines) is 1. The van der Waals surface area contributed by atoms with E-state index >= 15 is 0 Å². The van der Waals surface area contributed by atoms with E-state index in [0.29, 0.717) is 42.8 Å². The van der Waals surface area contributed by atoms with Gasteiger partial charge in [-0.15, -0.1) is 0 Å². The Kier molecular flexibility index (Phi) is 6.44. The topological polar surface area (TPSA) is 79.3 Å². The lowest BCUT2D eigenvalue weighted by Gasteiger charge is -2.26. The number of carbonyl (C=O) groups is 2. The molecule has 2 aliphatic rings. The van der Waals surface area contributed by atoms with Gasteiger partial charge in [0.1, 0.15) is 13.2 Å². The molecule has 1 unspecified atom stereocenters. The zero-order valence-corrected chi connectivity index (χ0v) is 16.2. The third kappa shape index (κ3) is 5.05. The maximum absolute atomic E-state index is 12.8. The summed E-state index contributed by atoms with van der Waals surface area (Å²) >= 11 is 6.25. The molecule has 0 spiro atoms. The van der Waals surface area contributed by atoms with Gasteiger partial charge in [0, 0.05) is 19.1 Å². The molecular weight excluding hydrogens is 372 g/mol. The predicted molar refractivity (Wildman–Crippen MR) is 101 cm³/mol. The first kappa shape index (κ1) is 19.8. The number of benzene rings is 1. The van der Waals surface area contributed by atoms with Crippen LogP contribution in [-0.2, 0) is 16.0 Å². The Morgan fingerprint density at radius 2 is 2.04 bits per heavy atom. The minimum Gasteiger partial charge on any atom is -0.486 e. The second kappa shape index (κ2) is 8.80. The number of carboxylic acids is 1. The van der Waals surface area contributed by atoms with Gasteiger partial charge in [0.05, 0.1) is 18.0 Å². The Balaban J connectivity index is 1.60. The van der Waals surface area contributed by atoms with E-state index in [1.807, 2.05) is 22.9 Å². The van der Waals surface area contributed by atoms with Crippen molar-refractivity contribution in [2.75, 3.05) is 39.9 Å². The van der Waals surface area contributed by atoms with Gasteiger partial charge < -0.3 is 19.5 Å². The minimum absolute atomic E-state index is 0.0221. The number of halogens is 1. The Hall–Kier alpha value is -1.99. The summed E-state index contributed by atoms with van der Waals surface area (Å²) in [5, 5.41) is 9.42. The number of rotatable bonds is 5. The van der Waals surface area contributed by atoms with Gasteiger partial charge in [0.15, 0.2) is 11.5 Å². The predicted octanol–water partition coefficient (Wildman–Crippen LogP) is 2.05. The lowest BCUT2D eigenvalue weighted by atomic mass is 10.1. The van der Waals surface area contributed by atoms with Gasteiger partial charge in [-0.3, -0.25) is 14.5 Å². The molecule has 0 bridgehead atoms. The van der Waals surface area contributed by atoms with E-state index in [2.05, 4.69) is 0 Å². The summed E-state index contributed by atoms with van der Waals surface area (Å²) in [7, 11) is 1.83. The van der Waals surface area contributed by atoms with E-state index in [4.69, 9.17) is 26.2 Å². The molecule has 1 saturated heterocycles. The SMILES string of the molecule is CN(CC(=O)O)C1CCCN(C(=O)Cc2cc(Cl)c3c(c2)OCCO3)CC1. The molecule has 2 heterocycles. The molecule has 148 valence electrons. The number of hydrogen-bond donors (Lipinski definition) is 1. The van der Waals surface area contributed by atoms with Crippen LogP contribution in [0.15, 0.2) is 12.1 Å². The van der Waals surface area contributed by atoms with Crippen molar-refractivity contribution in [3.63, 3.8) is 0 Å². The van der Waals surface area contributed by atoms with E-state index in [-0.39, 0.29) is 24.9 Å². The number of likely N-dealkylation sites (N-methyl/N-ethyl adjacent to an activating group) is 1. The average molecular weight is 397 g/mol. The van der Waals surface area contributed by atoms with Gasteiger partial charge in [0.25, 0.3) is 0 Å². The summed E-state index contributed by atoms with van der Waals surface area (Å²) < 4.78 is 11.1. The first-order valence-corrected chi connectivity index (χ1v) is 9.59. The summed E-state index contributed by atoms with van der Waals surface area (Å²) in [6.07, 6.45) is 2.79. The molecule has 1 aromatic carbocycles. The van der Waals surface area contributed by atoms with Crippen LogP contribution in [0.5, 0.6) is 11.5 Å². The van der Waals surface area contributed by atoms with Crippen LogP contribution in [0.4, 0.5) is 0 Å². The van der Waals surface area contributed by atoms with Crippen molar-refractivity contribution in [1.82, 2.24) is 9.80 Å². The number of carbonyl (C=O) groups excluding carboxylic acids is 1. The van der Waals surface area contributed by atoms with E-state index < -0.39 is 5.97 Å². The molecule has 0 aliphatic carbocycles. The largest absolute Gasteiger partial charge is 0.486 e. The van der Waals surface area contributed by atoms with Crippen LogP contribution in [0.3, 0.4) is 0 Å². The Bertz CT molecular complexity index is 712. The highest BCUT2D eigenvalue weighted by atomic mass is 35.5. The minimum atomic E-state index is -0.829. The second-order valence-electron chi connectivity index (χ2n) is 7.05. The van der Waals surface area contributed by atoms with Gasteiger partial charge in [-0.1, -0.05) is 11.6 Å². The molecule has 1 atom stereocenters. The van der Waals surface area contributed by atoms with Gasteiger partial charge >= 0.3 is 5.97 Å². The fourth-order valence-electron chi connectivity index (χ4n) is 3.66. The zero-order chi connectivity index (χ0) is 19.4. The summed E-state index contributed by atoms with van der Waals surface area (Å²) in [6.45, 7) is 2.28. The second-order valence-corrected chi connectivity index (χ2v) is 7.46. The van der Waals surface area contributed by atoms with Crippen LogP contribution in [0.1, 0.15) is 24.8 Å². The van der Waals surface area contributed by atoms with Gasteiger partial charge in [-0.05, 0) is 44.0 Å². The lowest BCUT2D eigenvalue weighted by Crippen LogP contribution is -2.37. The lowest BCUT2D eigenvalue weighted by molar-refractivity contribution is -0.138.